The number of aryl methyl sites for hydroxylation is 1. The lowest BCUT2D eigenvalue weighted by atomic mass is 10.0. The lowest BCUT2D eigenvalue weighted by molar-refractivity contribution is -0.130. The van der Waals surface area contributed by atoms with E-state index >= 15 is 0 Å². The first kappa shape index (κ1) is 16.6. The Kier molecular flexibility index (Phi) is 5.41. The van der Waals surface area contributed by atoms with Crippen LogP contribution in [0.5, 0.6) is 11.5 Å². The zero-order valence-electron chi connectivity index (χ0n) is 13.5. The van der Waals surface area contributed by atoms with Crippen LogP contribution in [0.3, 0.4) is 0 Å². The van der Waals surface area contributed by atoms with Crippen LogP contribution in [0.1, 0.15) is 23.6 Å². The SMILES string of the molecule is CCc1ccc(/C(=C/c2cc(OC)ccc2OC)C(=O)O)cc1. The van der Waals surface area contributed by atoms with Gasteiger partial charge in [-0.1, -0.05) is 31.2 Å². The standard InChI is InChI=1S/C19H20O4/c1-4-13-5-7-14(8-6-13)17(19(20)21)12-15-11-16(22-2)9-10-18(15)23-3/h5-12H,4H2,1-3H3,(H,20,21)/b17-12-. The first-order valence-electron chi connectivity index (χ1n) is 7.35. The topological polar surface area (TPSA) is 55.8 Å². The fourth-order valence-electron chi connectivity index (χ4n) is 2.30. The molecule has 4 heteroatoms. The molecule has 23 heavy (non-hydrogen) atoms. The Morgan fingerprint density at radius 3 is 2.30 bits per heavy atom. The number of carboxylic acids is 1. The summed E-state index contributed by atoms with van der Waals surface area (Å²) in [6, 6.07) is 12.8. The zero-order valence-corrected chi connectivity index (χ0v) is 13.5. The second-order valence-corrected chi connectivity index (χ2v) is 5.02. The van der Waals surface area contributed by atoms with Crippen LogP contribution in [-0.4, -0.2) is 25.3 Å². The minimum atomic E-state index is -0.987. The third-order valence-corrected chi connectivity index (χ3v) is 3.64. The maximum atomic E-state index is 11.7. The lowest BCUT2D eigenvalue weighted by Crippen LogP contribution is -2.00. The summed E-state index contributed by atoms with van der Waals surface area (Å²) < 4.78 is 10.5. The molecule has 0 spiro atoms. The van der Waals surface area contributed by atoms with Crippen molar-refractivity contribution in [2.45, 2.75) is 13.3 Å². The van der Waals surface area contributed by atoms with Gasteiger partial charge in [-0.05, 0) is 41.8 Å². The van der Waals surface area contributed by atoms with Crippen molar-refractivity contribution in [2.24, 2.45) is 0 Å². The molecule has 120 valence electrons. The minimum Gasteiger partial charge on any atom is -0.497 e. The molecular weight excluding hydrogens is 292 g/mol. The van der Waals surface area contributed by atoms with Crippen LogP contribution >= 0.6 is 0 Å². The van der Waals surface area contributed by atoms with Gasteiger partial charge in [0.05, 0.1) is 19.8 Å². The molecule has 0 saturated carbocycles. The Hall–Kier alpha value is -2.75. The maximum absolute atomic E-state index is 11.7. The van der Waals surface area contributed by atoms with Gasteiger partial charge in [0.25, 0.3) is 0 Å². The van der Waals surface area contributed by atoms with Gasteiger partial charge in [-0.2, -0.15) is 0 Å². The minimum absolute atomic E-state index is 0.208. The van der Waals surface area contributed by atoms with Gasteiger partial charge < -0.3 is 14.6 Å². The average molecular weight is 312 g/mol. The molecular formula is C19H20O4. The molecule has 1 N–H and O–H groups in total. The molecule has 0 amide bonds. The smallest absolute Gasteiger partial charge is 0.336 e. The highest BCUT2D eigenvalue weighted by atomic mass is 16.5. The van der Waals surface area contributed by atoms with Gasteiger partial charge in [0.15, 0.2) is 0 Å². The van der Waals surface area contributed by atoms with Crippen LogP contribution in [0.4, 0.5) is 0 Å². The van der Waals surface area contributed by atoms with Crippen molar-refractivity contribution in [1.82, 2.24) is 0 Å². The van der Waals surface area contributed by atoms with E-state index in [4.69, 9.17) is 9.47 Å². The number of carboxylic acid groups (broad SMARTS) is 1. The predicted molar refractivity (Wildman–Crippen MR) is 90.9 cm³/mol. The first-order valence-corrected chi connectivity index (χ1v) is 7.35. The molecule has 2 aromatic carbocycles. The van der Waals surface area contributed by atoms with E-state index in [0.717, 1.165) is 12.0 Å². The van der Waals surface area contributed by atoms with E-state index in [9.17, 15) is 9.90 Å². The zero-order chi connectivity index (χ0) is 16.8. The molecule has 0 saturated heterocycles. The average Bonchev–Trinajstić information content (AvgIpc) is 2.59. The Morgan fingerprint density at radius 2 is 1.78 bits per heavy atom. The molecule has 0 bridgehead atoms. The molecule has 0 aromatic heterocycles. The fraction of sp³-hybridized carbons (Fsp3) is 0.211. The molecule has 0 aliphatic carbocycles. The largest absolute Gasteiger partial charge is 0.497 e. The molecule has 0 heterocycles. The van der Waals surface area contributed by atoms with Crippen molar-refractivity contribution in [2.75, 3.05) is 14.2 Å². The van der Waals surface area contributed by atoms with E-state index in [0.29, 0.717) is 22.6 Å². The Bertz CT molecular complexity index is 715. The predicted octanol–water partition coefficient (Wildman–Crippen LogP) is 3.89. The number of hydrogen-bond acceptors (Lipinski definition) is 3. The van der Waals surface area contributed by atoms with E-state index < -0.39 is 5.97 Å². The highest BCUT2D eigenvalue weighted by molar-refractivity contribution is 6.20. The van der Waals surface area contributed by atoms with Crippen LogP contribution in [0.25, 0.3) is 11.6 Å². The van der Waals surface area contributed by atoms with Gasteiger partial charge >= 0.3 is 5.97 Å². The normalized spacial score (nSPS) is 11.2. The summed E-state index contributed by atoms with van der Waals surface area (Å²) in [7, 11) is 3.12. The van der Waals surface area contributed by atoms with Crippen LogP contribution < -0.4 is 9.47 Å². The molecule has 0 fully saturated rings. The van der Waals surface area contributed by atoms with Gasteiger partial charge in [0.2, 0.25) is 0 Å². The van der Waals surface area contributed by atoms with Gasteiger partial charge in [-0.25, -0.2) is 4.79 Å². The summed E-state index contributed by atoms with van der Waals surface area (Å²) in [6.07, 6.45) is 2.51. The van der Waals surface area contributed by atoms with Crippen LogP contribution in [-0.2, 0) is 11.2 Å². The van der Waals surface area contributed by atoms with Crippen molar-refractivity contribution < 1.29 is 19.4 Å². The number of carbonyl (C=O) groups is 1. The maximum Gasteiger partial charge on any atom is 0.336 e. The van der Waals surface area contributed by atoms with Gasteiger partial charge in [0, 0.05) is 5.56 Å². The Labute approximate surface area is 136 Å². The second-order valence-electron chi connectivity index (χ2n) is 5.02. The summed E-state index contributed by atoms with van der Waals surface area (Å²) in [4.78, 5) is 11.7. The molecule has 4 nitrogen and oxygen atoms in total. The molecule has 0 aliphatic heterocycles. The van der Waals surface area contributed by atoms with Crippen molar-refractivity contribution in [1.29, 1.82) is 0 Å². The summed E-state index contributed by atoms with van der Waals surface area (Å²) in [5.41, 5.74) is 2.68. The third-order valence-electron chi connectivity index (χ3n) is 3.64. The first-order chi connectivity index (χ1) is 11.1. The van der Waals surface area contributed by atoms with Crippen LogP contribution in [0, 0.1) is 0 Å². The van der Waals surface area contributed by atoms with Gasteiger partial charge in [0.1, 0.15) is 11.5 Å². The summed E-state index contributed by atoms with van der Waals surface area (Å²) in [5, 5.41) is 9.56. The van der Waals surface area contributed by atoms with Gasteiger partial charge in [-0.15, -0.1) is 0 Å². The van der Waals surface area contributed by atoms with E-state index in [1.807, 2.05) is 24.3 Å². The summed E-state index contributed by atoms with van der Waals surface area (Å²) in [5.74, 6) is 0.247. The fourth-order valence-corrected chi connectivity index (χ4v) is 2.30. The Morgan fingerprint density at radius 1 is 1.09 bits per heavy atom. The molecule has 2 aromatic rings. The van der Waals surface area contributed by atoms with Crippen LogP contribution in [0.2, 0.25) is 0 Å². The van der Waals surface area contributed by atoms with Crippen molar-refractivity contribution in [3.8, 4) is 11.5 Å². The van der Waals surface area contributed by atoms with E-state index in [1.165, 1.54) is 0 Å². The highest BCUT2D eigenvalue weighted by Gasteiger charge is 2.13. The monoisotopic (exact) mass is 312 g/mol. The van der Waals surface area contributed by atoms with Crippen molar-refractivity contribution in [3.63, 3.8) is 0 Å². The number of rotatable bonds is 6. The molecule has 0 atom stereocenters. The van der Waals surface area contributed by atoms with E-state index in [-0.39, 0.29) is 5.57 Å². The quantitative estimate of drug-likeness (QED) is 0.649. The number of benzene rings is 2. The molecule has 0 aliphatic rings. The summed E-state index contributed by atoms with van der Waals surface area (Å²) >= 11 is 0. The van der Waals surface area contributed by atoms with E-state index in [1.54, 1.807) is 38.5 Å². The van der Waals surface area contributed by atoms with Crippen molar-refractivity contribution in [3.05, 3.63) is 59.2 Å². The molecule has 2 rings (SSSR count). The number of methoxy groups -OCH3 is 2. The molecule has 0 unspecified atom stereocenters. The number of ether oxygens (including phenoxy) is 2. The second kappa shape index (κ2) is 7.49. The Balaban J connectivity index is 2.52. The lowest BCUT2D eigenvalue weighted by Gasteiger charge is -2.09. The molecule has 0 radical (unpaired) electrons. The number of aliphatic carboxylic acids is 1. The van der Waals surface area contributed by atoms with Crippen LogP contribution in [0.15, 0.2) is 42.5 Å². The van der Waals surface area contributed by atoms with Gasteiger partial charge in [-0.3, -0.25) is 0 Å². The summed E-state index contributed by atoms with van der Waals surface area (Å²) in [6.45, 7) is 2.06. The highest BCUT2D eigenvalue weighted by Crippen LogP contribution is 2.28. The van der Waals surface area contributed by atoms with E-state index in [2.05, 4.69) is 6.92 Å². The number of hydrogen-bond donors (Lipinski definition) is 1. The van der Waals surface area contributed by atoms with Crippen molar-refractivity contribution >= 4 is 17.6 Å². The third kappa shape index (κ3) is 3.92.